The Kier molecular flexibility index (Phi) is 4.02. The van der Waals surface area contributed by atoms with Gasteiger partial charge in [-0.05, 0) is 42.0 Å². The summed E-state index contributed by atoms with van der Waals surface area (Å²) < 4.78 is 6.30. The fourth-order valence-electron chi connectivity index (χ4n) is 2.12. The van der Waals surface area contributed by atoms with Crippen LogP contribution in [-0.4, -0.2) is 12.1 Å². The molecule has 0 radical (unpaired) electrons. The molecule has 0 saturated heterocycles. The van der Waals surface area contributed by atoms with Crippen LogP contribution in [0.5, 0.6) is 5.75 Å². The van der Waals surface area contributed by atoms with Crippen molar-refractivity contribution in [2.75, 3.05) is 7.11 Å². The van der Waals surface area contributed by atoms with Crippen LogP contribution < -0.4 is 4.74 Å². The van der Waals surface area contributed by atoms with Gasteiger partial charge in [0.2, 0.25) is 0 Å². The molecule has 3 aromatic rings. The molecule has 3 rings (SSSR count). The van der Waals surface area contributed by atoms with Gasteiger partial charge >= 0.3 is 0 Å². The zero-order valence-corrected chi connectivity index (χ0v) is 13.2. The van der Waals surface area contributed by atoms with Crippen molar-refractivity contribution in [2.24, 2.45) is 0 Å². The number of aromatic nitrogens is 1. The minimum atomic E-state index is 0.848. The molecular formula is C18H14BrNO. The summed E-state index contributed by atoms with van der Waals surface area (Å²) in [5.41, 5.74) is 3.03. The summed E-state index contributed by atoms with van der Waals surface area (Å²) in [6.45, 7) is 0. The number of ether oxygens (including phenoxy) is 1. The quantitative estimate of drug-likeness (QED) is 0.656. The molecule has 0 atom stereocenters. The number of fused-ring (bicyclic) bond motifs is 1. The first-order valence-electron chi connectivity index (χ1n) is 6.64. The van der Waals surface area contributed by atoms with E-state index in [1.165, 1.54) is 0 Å². The molecule has 1 aromatic heterocycles. The zero-order chi connectivity index (χ0) is 14.7. The van der Waals surface area contributed by atoms with Crippen molar-refractivity contribution in [1.82, 2.24) is 4.98 Å². The monoisotopic (exact) mass is 339 g/mol. The van der Waals surface area contributed by atoms with E-state index in [4.69, 9.17) is 4.74 Å². The number of hydrogen-bond acceptors (Lipinski definition) is 2. The van der Waals surface area contributed by atoms with Crippen molar-refractivity contribution >= 4 is 39.0 Å². The summed E-state index contributed by atoms with van der Waals surface area (Å²) in [4.78, 5) is 4.64. The number of hydrogen-bond donors (Lipinski definition) is 0. The molecule has 3 heteroatoms. The standard InChI is InChI=1S/C18H14BrNO/c1-21-16-10-11-18-14(12-16)7-9-15(20-18)8-6-13-4-2-3-5-17(13)19/h2-12H,1H3/b8-6+. The number of methoxy groups -OCH3 is 1. The summed E-state index contributed by atoms with van der Waals surface area (Å²) in [5.74, 6) is 0.848. The Morgan fingerprint density at radius 3 is 2.67 bits per heavy atom. The minimum Gasteiger partial charge on any atom is -0.497 e. The zero-order valence-electron chi connectivity index (χ0n) is 11.6. The summed E-state index contributed by atoms with van der Waals surface area (Å²) in [6.07, 6.45) is 4.07. The Morgan fingerprint density at radius 2 is 1.86 bits per heavy atom. The van der Waals surface area contributed by atoms with Crippen LogP contribution in [0.3, 0.4) is 0 Å². The van der Waals surface area contributed by atoms with Crippen molar-refractivity contribution in [2.45, 2.75) is 0 Å². The molecule has 0 unspecified atom stereocenters. The molecule has 104 valence electrons. The minimum absolute atomic E-state index is 0.848. The van der Waals surface area contributed by atoms with E-state index in [2.05, 4.69) is 39.1 Å². The SMILES string of the molecule is COc1ccc2nc(/C=C/c3ccccc3Br)ccc2c1. The van der Waals surface area contributed by atoms with E-state index in [-0.39, 0.29) is 0 Å². The second-order valence-electron chi connectivity index (χ2n) is 4.65. The predicted molar refractivity (Wildman–Crippen MR) is 91.4 cm³/mol. The summed E-state index contributed by atoms with van der Waals surface area (Å²) in [6, 6.07) is 18.1. The highest BCUT2D eigenvalue weighted by molar-refractivity contribution is 9.10. The number of nitrogens with zero attached hydrogens (tertiary/aromatic N) is 1. The van der Waals surface area contributed by atoms with Gasteiger partial charge in [-0.2, -0.15) is 0 Å². The number of halogens is 1. The third-order valence-electron chi connectivity index (χ3n) is 3.26. The molecule has 1 heterocycles. The van der Waals surface area contributed by atoms with Crippen molar-refractivity contribution in [3.8, 4) is 5.75 Å². The van der Waals surface area contributed by atoms with E-state index in [0.29, 0.717) is 0 Å². The van der Waals surface area contributed by atoms with Crippen molar-refractivity contribution in [1.29, 1.82) is 0 Å². The summed E-state index contributed by atoms with van der Waals surface area (Å²) >= 11 is 3.54. The average Bonchev–Trinajstić information content (AvgIpc) is 2.53. The van der Waals surface area contributed by atoms with Crippen LogP contribution in [-0.2, 0) is 0 Å². The third-order valence-corrected chi connectivity index (χ3v) is 3.98. The van der Waals surface area contributed by atoms with Gasteiger partial charge in [0.1, 0.15) is 5.75 Å². The van der Waals surface area contributed by atoms with Gasteiger partial charge in [0.15, 0.2) is 0 Å². The van der Waals surface area contributed by atoms with E-state index < -0.39 is 0 Å². The molecule has 0 amide bonds. The van der Waals surface area contributed by atoms with E-state index in [9.17, 15) is 0 Å². The van der Waals surface area contributed by atoms with Crippen molar-refractivity contribution in [3.05, 3.63) is 70.3 Å². The van der Waals surface area contributed by atoms with E-state index >= 15 is 0 Å². The second kappa shape index (κ2) is 6.10. The van der Waals surface area contributed by atoms with Gasteiger partial charge in [0, 0.05) is 9.86 Å². The van der Waals surface area contributed by atoms with Gasteiger partial charge in [-0.15, -0.1) is 0 Å². The molecule has 0 aliphatic carbocycles. The predicted octanol–water partition coefficient (Wildman–Crippen LogP) is 5.18. The highest BCUT2D eigenvalue weighted by Gasteiger charge is 1.99. The normalized spacial score (nSPS) is 11.1. The molecule has 0 fully saturated rings. The van der Waals surface area contributed by atoms with Crippen LogP contribution in [0.4, 0.5) is 0 Å². The Balaban J connectivity index is 1.93. The van der Waals surface area contributed by atoms with Crippen LogP contribution in [0.2, 0.25) is 0 Å². The molecule has 0 spiro atoms. The Labute approximate surface area is 132 Å². The molecular weight excluding hydrogens is 326 g/mol. The van der Waals surface area contributed by atoms with Gasteiger partial charge in [0.25, 0.3) is 0 Å². The maximum Gasteiger partial charge on any atom is 0.119 e. The van der Waals surface area contributed by atoms with Crippen LogP contribution >= 0.6 is 15.9 Å². The van der Waals surface area contributed by atoms with Crippen LogP contribution in [0, 0.1) is 0 Å². The first-order valence-corrected chi connectivity index (χ1v) is 7.43. The second-order valence-corrected chi connectivity index (χ2v) is 5.50. The van der Waals surface area contributed by atoms with Gasteiger partial charge < -0.3 is 4.74 Å². The maximum absolute atomic E-state index is 5.22. The summed E-state index contributed by atoms with van der Waals surface area (Å²) in [7, 11) is 1.67. The Hall–Kier alpha value is -2.13. The largest absolute Gasteiger partial charge is 0.497 e. The molecule has 2 nitrogen and oxygen atoms in total. The fraction of sp³-hybridized carbons (Fsp3) is 0.0556. The molecule has 0 aliphatic heterocycles. The highest BCUT2D eigenvalue weighted by atomic mass is 79.9. The van der Waals surface area contributed by atoms with Gasteiger partial charge in [-0.1, -0.05) is 46.3 Å². The van der Waals surface area contributed by atoms with E-state index in [0.717, 1.165) is 32.4 Å². The lowest BCUT2D eigenvalue weighted by Crippen LogP contribution is -1.86. The van der Waals surface area contributed by atoms with Crippen LogP contribution in [0.25, 0.3) is 23.1 Å². The Morgan fingerprint density at radius 1 is 1.00 bits per heavy atom. The lowest BCUT2D eigenvalue weighted by Gasteiger charge is -2.03. The molecule has 0 saturated carbocycles. The third kappa shape index (κ3) is 3.14. The topological polar surface area (TPSA) is 22.1 Å². The number of pyridine rings is 1. The molecule has 2 aromatic carbocycles. The lowest BCUT2D eigenvalue weighted by molar-refractivity contribution is 0.415. The van der Waals surface area contributed by atoms with Crippen LogP contribution in [0.15, 0.2) is 59.1 Å². The summed E-state index contributed by atoms with van der Waals surface area (Å²) in [5, 5.41) is 1.08. The van der Waals surface area contributed by atoms with Gasteiger partial charge in [-0.3, -0.25) is 0 Å². The molecule has 0 N–H and O–H groups in total. The van der Waals surface area contributed by atoms with Gasteiger partial charge in [-0.25, -0.2) is 4.98 Å². The average molecular weight is 340 g/mol. The van der Waals surface area contributed by atoms with Gasteiger partial charge in [0.05, 0.1) is 18.3 Å². The molecule has 21 heavy (non-hydrogen) atoms. The fourth-order valence-corrected chi connectivity index (χ4v) is 2.54. The van der Waals surface area contributed by atoms with Crippen molar-refractivity contribution in [3.63, 3.8) is 0 Å². The first-order chi connectivity index (χ1) is 10.3. The van der Waals surface area contributed by atoms with E-state index in [1.807, 2.05) is 48.5 Å². The number of benzene rings is 2. The van der Waals surface area contributed by atoms with Crippen molar-refractivity contribution < 1.29 is 4.74 Å². The lowest BCUT2D eigenvalue weighted by atomic mass is 10.1. The maximum atomic E-state index is 5.22. The Bertz CT molecular complexity index is 811. The van der Waals surface area contributed by atoms with Crippen LogP contribution in [0.1, 0.15) is 11.3 Å². The highest BCUT2D eigenvalue weighted by Crippen LogP contribution is 2.21. The first kappa shape index (κ1) is 13.8. The molecule has 0 bridgehead atoms. The molecule has 0 aliphatic rings. The smallest absolute Gasteiger partial charge is 0.119 e. The number of rotatable bonds is 3. The van der Waals surface area contributed by atoms with E-state index in [1.54, 1.807) is 7.11 Å².